The first-order chi connectivity index (χ1) is 12.8. The smallest absolute Gasteiger partial charge is 0.250 e. The highest BCUT2D eigenvalue weighted by atomic mass is 16.5. The summed E-state index contributed by atoms with van der Waals surface area (Å²) in [5.74, 6) is 1.79. The third-order valence-corrected chi connectivity index (χ3v) is 5.18. The number of rotatable bonds is 7. The van der Waals surface area contributed by atoms with Crippen LogP contribution >= 0.6 is 0 Å². The fourth-order valence-electron chi connectivity index (χ4n) is 3.76. The third kappa shape index (κ3) is 6.24. The van der Waals surface area contributed by atoms with Gasteiger partial charge in [-0.2, -0.15) is 0 Å². The molecule has 3 unspecified atom stereocenters. The molecule has 0 aromatic heterocycles. The SMILES string of the molecule is COc1ccc(NC(C)=O)cc1NC(=O)COC1CC(C)CCC1C(C)C. The molecule has 0 radical (unpaired) electrons. The molecule has 0 bridgehead atoms. The van der Waals surface area contributed by atoms with Crippen LogP contribution in [0, 0.1) is 17.8 Å². The molecule has 1 aromatic rings. The van der Waals surface area contributed by atoms with Crippen molar-refractivity contribution in [2.45, 2.75) is 53.1 Å². The maximum atomic E-state index is 12.4. The van der Waals surface area contributed by atoms with E-state index in [2.05, 4.69) is 31.4 Å². The van der Waals surface area contributed by atoms with Crippen molar-refractivity contribution in [2.75, 3.05) is 24.4 Å². The summed E-state index contributed by atoms with van der Waals surface area (Å²) in [5, 5.41) is 5.53. The van der Waals surface area contributed by atoms with Crippen molar-refractivity contribution in [3.63, 3.8) is 0 Å². The summed E-state index contributed by atoms with van der Waals surface area (Å²) in [6, 6.07) is 5.11. The Kier molecular flexibility index (Phi) is 7.66. The van der Waals surface area contributed by atoms with Crippen LogP contribution in [0.4, 0.5) is 11.4 Å². The van der Waals surface area contributed by atoms with E-state index in [4.69, 9.17) is 9.47 Å². The molecule has 0 heterocycles. The van der Waals surface area contributed by atoms with E-state index in [1.54, 1.807) is 18.2 Å². The van der Waals surface area contributed by atoms with Crippen molar-refractivity contribution in [3.05, 3.63) is 18.2 Å². The van der Waals surface area contributed by atoms with Gasteiger partial charge in [0.15, 0.2) is 0 Å². The Morgan fingerprint density at radius 2 is 1.96 bits per heavy atom. The summed E-state index contributed by atoms with van der Waals surface area (Å²) in [4.78, 5) is 23.7. The van der Waals surface area contributed by atoms with Crippen molar-refractivity contribution in [1.29, 1.82) is 0 Å². The summed E-state index contributed by atoms with van der Waals surface area (Å²) in [6.07, 6.45) is 3.49. The number of hydrogen-bond acceptors (Lipinski definition) is 4. The lowest BCUT2D eigenvalue weighted by molar-refractivity contribution is -0.126. The van der Waals surface area contributed by atoms with Crippen LogP contribution in [-0.2, 0) is 14.3 Å². The molecule has 1 aromatic carbocycles. The second-order valence-corrected chi connectivity index (χ2v) is 7.82. The molecule has 0 aliphatic heterocycles. The Labute approximate surface area is 162 Å². The van der Waals surface area contributed by atoms with Crippen LogP contribution in [0.5, 0.6) is 5.75 Å². The van der Waals surface area contributed by atoms with Crippen molar-refractivity contribution in [2.24, 2.45) is 17.8 Å². The number of methoxy groups -OCH3 is 1. The summed E-state index contributed by atoms with van der Waals surface area (Å²) in [6.45, 7) is 8.12. The summed E-state index contributed by atoms with van der Waals surface area (Å²) >= 11 is 0. The van der Waals surface area contributed by atoms with E-state index in [1.807, 2.05) is 0 Å². The molecule has 2 N–H and O–H groups in total. The molecule has 3 atom stereocenters. The van der Waals surface area contributed by atoms with Crippen molar-refractivity contribution in [1.82, 2.24) is 0 Å². The van der Waals surface area contributed by atoms with Gasteiger partial charge in [-0.15, -0.1) is 0 Å². The Morgan fingerprint density at radius 3 is 2.59 bits per heavy atom. The Bertz CT molecular complexity index is 660. The molecule has 0 spiro atoms. The van der Waals surface area contributed by atoms with E-state index >= 15 is 0 Å². The zero-order valence-corrected chi connectivity index (χ0v) is 17.0. The zero-order chi connectivity index (χ0) is 20.0. The molecular weight excluding hydrogens is 344 g/mol. The fraction of sp³-hybridized carbons (Fsp3) is 0.619. The average molecular weight is 376 g/mol. The number of nitrogens with one attached hydrogen (secondary N) is 2. The van der Waals surface area contributed by atoms with Gasteiger partial charge in [0, 0.05) is 12.6 Å². The minimum absolute atomic E-state index is 0.00806. The standard InChI is InChI=1S/C21H32N2O4/c1-13(2)17-8-6-14(3)10-20(17)27-12-21(25)23-18-11-16(22-15(4)24)7-9-19(18)26-5/h7,9,11,13-14,17,20H,6,8,10,12H2,1-5H3,(H,22,24)(H,23,25). The van der Waals surface area contributed by atoms with Gasteiger partial charge in [-0.05, 0) is 48.8 Å². The van der Waals surface area contributed by atoms with Gasteiger partial charge in [-0.1, -0.05) is 27.2 Å². The van der Waals surface area contributed by atoms with E-state index < -0.39 is 0 Å². The van der Waals surface area contributed by atoms with Crippen molar-refractivity contribution in [3.8, 4) is 5.75 Å². The highest BCUT2D eigenvalue weighted by molar-refractivity contribution is 5.95. The van der Waals surface area contributed by atoms with Gasteiger partial charge in [0.25, 0.3) is 0 Å². The molecule has 1 saturated carbocycles. The van der Waals surface area contributed by atoms with E-state index in [9.17, 15) is 9.59 Å². The maximum absolute atomic E-state index is 12.4. The van der Waals surface area contributed by atoms with Crippen LogP contribution in [0.2, 0.25) is 0 Å². The number of carbonyl (C=O) groups is 2. The molecule has 1 fully saturated rings. The fourth-order valence-corrected chi connectivity index (χ4v) is 3.76. The number of benzene rings is 1. The Balaban J connectivity index is 1.99. The molecule has 150 valence electrons. The lowest BCUT2D eigenvalue weighted by Crippen LogP contribution is -2.36. The van der Waals surface area contributed by atoms with E-state index in [1.165, 1.54) is 20.5 Å². The van der Waals surface area contributed by atoms with Gasteiger partial charge in [0.1, 0.15) is 12.4 Å². The second kappa shape index (κ2) is 9.74. The number of ether oxygens (including phenoxy) is 2. The van der Waals surface area contributed by atoms with Crippen LogP contribution < -0.4 is 15.4 Å². The monoisotopic (exact) mass is 376 g/mol. The minimum Gasteiger partial charge on any atom is -0.495 e. The maximum Gasteiger partial charge on any atom is 0.250 e. The number of anilines is 2. The first-order valence-electron chi connectivity index (χ1n) is 9.67. The first-order valence-corrected chi connectivity index (χ1v) is 9.67. The summed E-state index contributed by atoms with van der Waals surface area (Å²) in [7, 11) is 1.54. The summed E-state index contributed by atoms with van der Waals surface area (Å²) < 4.78 is 11.3. The quantitative estimate of drug-likeness (QED) is 0.752. The van der Waals surface area contributed by atoms with Gasteiger partial charge in [-0.25, -0.2) is 0 Å². The van der Waals surface area contributed by atoms with Crippen molar-refractivity contribution < 1.29 is 19.1 Å². The lowest BCUT2D eigenvalue weighted by Gasteiger charge is -2.37. The average Bonchev–Trinajstić information content (AvgIpc) is 2.59. The van der Waals surface area contributed by atoms with Gasteiger partial charge < -0.3 is 20.1 Å². The molecule has 1 aliphatic rings. The van der Waals surface area contributed by atoms with Gasteiger partial charge >= 0.3 is 0 Å². The van der Waals surface area contributed by atoms with Gasteiger partial charge in [-0.3, -0.25) is 9.59 Å². The van der Waals surface area contributed by atoms with Crippen LogP contribution in [0.15, 0.2) is 18.2 Å². The van der Waals surface area contributed by atoms with Crippen molar-refractivity contribution >= 4 is 23.2 Å². The van der Waals surface area contributed by atoms with E-state index in [0.717, 1.165) is 12.8 Å². The van der Waals surface area contributed by atoms with Crippen LogP contribution in [0.25, 0.3) is 0 Å². The molecule has 0 saturated heterocycles. The van der Waals surface area contributed by atoms with Crippen LogP contribution in [0.1, 0.15) is 47.0 Å². The molecule has 2 rings (SSSR count). The number of hydrogen-bond donors (Lipinski definition) is 2. The largest absolute Gasteiger partial charge is 0.495 e. The third-order valence-electron chi connectivity index (χ3n) is 5.18. The molecule has 1 aliphatic carbocycles. The normalized spacial score (nSPS) is 22.4. The minimum atomic E-state index is -0.228. The van der Waals surface area contributed by atoms with E-state index in [0.29, 0.717) is 34.9 Å². The highest BCUT2D eigenvalue weighted by Gasteiger charge is 2.31. The van der Waals surface area contributed by atoms with Gasteiger partial charge in [0.2, 0.25) is 11.8 Å². The Morgan fingerprint density at radius 1 is 1.22 bits per heavy atom. The predicted molar refractivity (Wildman–Crippen MR) is 107 cm³/mol. The molecule has 27 heavy (non-hydrogen) atoms. The molecular formula is C21H32N2O4. The lowest BCUT2D eigenvalue weighted by atomic mass is 9.75. The summed E-state index contributed by atoms with van der Waals surface area (Å²) in [5.41, 5.74) is 1.11. The van der Waals surface area contributed by atoms with Crippen LogP contribution in [0.3, 0.4) is 0 Å². The first kappa shape index (κ1) is 21.2. The molecule has 6 heteroatoms. The van der Waals surface area contributed by atoms with Gasteiger partial charge in [0.05, 0.1) is 18.9 Å². The Hall–Kier alpha value is -2.08. The molecule has 6 nitrogen and oxygen atoms in total. The highest BCUT2D eigenvalue weighted by Crippen LogP contribution is 2.35. The number of carbonyl (C=O) groups excluding carboxylic acids is 2. The predicted octanol–water partition coefficient (Wildman–Crippen LogP) is 4.07. The molecule has 2 amide bonds. The second-order valence-electron chi connectivity index (χ2n) is 7.82. The zero-order valence-electron chi connectivity index (χ0n) is 17.0. The van der Waals surface area contributed by atoms with E-state index in [-0.39, 0.29) is 24.5 Å². The van der Waals surface area contributed by atoms with Crippen LogP contribution in [-0.4, -0.2) is 31.6 Å². The topological polar surface area (TPSA) is 76.7 Å². The number of amides is 2.